The van der Waals surface area contributed by atoms with Crippen LogP contribution in [0.3, 0.4) is 0 Å². The van der Waals surface area contributed by atoms with Gasteiger partial charge in [-0.3, -0.25) is 4.98 Å². The summed E-state index contributed by atoms with van der Waals surface area (Å²) in [6.07, 6.45) is 7.05. The van der Waals surface area contributed by atoms with Crippen LogP contribution in [0, 0.1) is 5.92 Å². The van der Waals surface area contributed by atoms with E-state index in [2.05, 4.69) is 41.9 Å². The number of fused-ring (bicyclic) bond motifs is 1. The smallest absolute Gasteiger partial charge is 0.0745 e. The minimum absolute atomic E-state index is 0.622. The van der Waals surface area contributed by atoms with E-state index in [1.54, 1.807) is 0 Å². The van der Waals surface area contributed by atoms with Crippen molar-refractivity contribution < 1.29 is 0 Å². The molecule has 3 heteroatoms. The Morgan fingerprint density at radius 2 is 1.95 bits per heavy atom. The Labute approximate surface area is 127 Å². The van der Waals surface area contributed by atoms with Gasteiger partial charge in [0.2, 0.25) is 0 Å². The van der Waals surface area contributed by atoms with Crippen LogP contribution in [0.25, 0.3) is 10.9 Å². The first-order valence-corrected chi connectivity index (χ1v) is 8.06. The molecule has 112 valence electrons. The highest BCUT2D eigenvalue weighted by atomic mass is 15.2. The summed E-state index contributed by atoms with van der Waals surface area (Å²) < 4.78 is 0. The average Bonchev–Trinajstić information content (AvgIpc) is 2.99. The fraction of sp³-hybridized carbons (Fsp3) is 0.500. The molecule has 3 nitrogen and oxygen atoms in total. The molecule has 0 atom stereocenters. The molecule has 0 unspecified atom stereocenters. The van der Waals surface area contributed by atoms with Gasteiger partial charge in [0, 0.05) is 18.0 Å². The van der Waals surface area contributed by atoms with Gasteiger partial charge in [-0.2, -0.15) is 0 Å². The Morgan fingerprint density at radius 3 is 2.67 bits per heavy atom. The summed E-state index contributed by atoms with van der Waals surface area (Å²) in [5.41, 5.74) is 9.36. The molecule has 1 aromatic carbocycles. The first-order valence-electron chi connectivity index (χ1n) is 8.06. The summed E-state index contributed by atoms with van der Waals surface area (Å²) in [7, 11) is 0. The van der Waals surface area contributed by atoms with Crippen LogP contribution in [-0.4, -0.2) is 17.6 Å². The first kappa shape index (κ1) is 14.2. The molecule has 2 aromatic rings. The number of nitrogens with two attached hydrogens (primary N) is 1. The normalized spacial score (nSPS) is 16.0. The zero-order valence-electron chi connectivity index (χ0n) is 13.0. The van der Waals surface area contributed by atoms with Crippen molar-refractivity contribution in [2.24, 2.45) is 5.92 Å². The van der Waals surface area contributed by atoms with Gasteiger partial charge in [-0.15, -0.1) is 0 Å². The number of rotatable bonds is 4. The largest absolute Gasteiger partial charge is 0.396 e. The maximum atomic E-state index is 6.33. The molecule has 0 radical (unpaired) electrons. The Hall–Kier alpha value is -1.77. The fourth-order valence-electron chi connectivity index (χ4n) is 3.49. The first-order chi connectivity index (χ1) is 10.2. The number of para-hydroxylation sites is 1. The lowest BCUT2D eigenvalue weighted by molar-refractivity contribution is 0.537. The van der Waals surface area contributed by atoms with Crippen LogP contribution in [0.2, 0.25) is 0 Å². The molecule has 0 aliphatic heterocycles. The van der Waals surface area contributed by atoms with Crippen LogP contribution in [0.15, 0.2) is 30.5 Å². The highest BCUT2D eigenvalue weighted by Gasteiger charge is 2.26. The van der Waals surface area contributed by atoms with Crippen molar-refractivity contribution in [2.45, 2.75) is 45.6 Å². The average molecular weight is 283 g/mol. The summed E-state index contributed by atoms with van der Waals surface area (Å²) >= 11 is 0. The van der Waals surface area contributed by atoms with Gasteiger partial charge in [-0.05, 0) is 24.8 Å². The van der Waals surface area contributed by atoms with E-state index in [1.165, 1.54) is 36.8 Å². The molecule has 21 heavy (non-hydrogen) atoms. The molecular formula is C18H25N3. The number of pyridine rings is 1. The number of aromatic nitrogens is 1. The van der Waals surface area contributed by atoms with Crippen LogP contribution >= 0.6 is 0 Å². The SMILES string of the molecule is CC(C)CN(c1c(N)cnc2ccccc12)C1CCCC1. The Balaban J connectivity index is 2.11. The molecule has 1 aliphatic rings. The fourth-order valence-corrected chi connectivity index (χ4v) is 3.49. The van der Waals surface area contributed by atoms with E-state index in [9.17, 15) is 0 Å². The van der Waals surface area contributed by atoms with Crippen molar-refractivity contribution in [2.75, 3.05) is 17.2 Å². The summed E-state index contributed by atoms with van der Waals surface area (Å²) in [6.45, 7) is 5.62. The van der Waals surface area contributed by atoms with Crippen molar-refractivity contribution in [3.8, 4) is 0 Å². The highest BCUT2D eigenvalue weighted by molar-refractivity contribution is 5.97. The zero-order valence-corrected chi connectivity index (χ0v) is 13.0. The van der Waals surface area contributed by atoms with Crippen molar-refractivity contribution in [1.82, 2.24) is 4.98 Å². The standard InChI is InChI=1S/C18H25N3/c1-13(2)12-21(14-7-3-4-8-14)18-15-9-5-6-10-17(15)20-11-16(18)19/h5-6,9-11,13-14H,3-4,7-8,12,19H2,1-2H3. The van der Waals surface area contributed by atoms with Crippen LogP contribution in [0.1, 0.15) is 39.5 Å². The van der Waals surface area contributed by atoms with Crippen LogP contribution in [0.5, 0.6) is 0 Å². The quantitative estimate of drug-likeness (QED) is 0.913. The van der Waals surface area contributed by atoms with Gasteiger partial charge in [0.25, 0.3) is 0 Å². The number of hydrogen-bond donors (Lipinski definition) is 1. The van der Waals surface area contributed by atoms with Gasteiger partial charge >= 0.3 is 0 Å². The molecule has 1 heterocycles. The Morgan fingerprint density at radius 1 is 1.24 bits per heavy atom. The molecule has 0 bridgehead atoms. The molecule has 1 fully saturated rings. The van der Waals surface area contributed by atoms with E-state index >= 15 is 0 Å². The van der Waals surface area contributed by atoms with Crippen LogP contribution < -0.4 is 10.6 Å². The minimum Gasteiger partial charge on any atom is -0.396 e. The minimum atomic E-state index is 0.622. The van der Waals surface area contributed by atoms with Gasteiger partial charge in [-0.25, -0.2) is 0 Å². The molecule has 0 spiro atoms. The molecular weight excluding hydrogens is 258 g/mol. The second kappa shape index (κ2) is 5.92. The van der Waals surface area contributed by atoms with E-state index < -0.39 is 0 Å². The van der Waals surface area contributed by atoms with E-state index in [0.717, 1.165) is 17.7 Å². The van der Waals surface area contributed by atoms with Crippen molar-refractivity contribution in [3.63, 3.8) is 0 Å². The summed E-state index contributed by atoms with van der Waals surface area (Å²) in [5, 5.41) is 1.19. The van der Waals surface area contributed by atoms with E-state index in [4.69, 9.17) is 5.73 Å². The van der Waals surface area contributed by atoms with Gasteiger partial charge in [0.05, 0.1) is 23.1 Å². The monoisotopic (exact) mass is 283 g/mol. The topological polar surface area (TPSA) is 42.1 Å². The second-order valence-corrected chi connectivity index (χ2v) is 6.56. The zero-order chi connectivity index (χ0) is 14.8. The second-order valence-electron chi connectivity index (χ2n) is 6.56. The third-order valence-corrected chi connectivity index (χ3v) is 4.39. The third kappa shape index (κ3) is 2.82. The number of hydrogen-bond acceptors (Lipinski definition) is 3. The molecule has 1 aromatic heterocycles. The maximum Gasteiger partial charge on any atom is 0.0745 e. The predicted molar refractivity (Wildman–Crippen MR) is 90.6 cm³/mol. The van der Waals surface area contributed by atoms with Gasteiger partial charge in [0.15, 0.2) is 0 Å². The number of nitrogens with zero attached hydrogens (tertiary/aromatic N) is 2. The van der Waals surface area contributed by atoms with Crippen LogP contribution in [-0.2, 0) is 0 Å². The highest BCUT2D eigenvalue weighted by Crippen LogP contribution is 2.37. The summed E-state index contributed by atoms with van der Waals surface area (Å²) in [5.74, 6) is 0.622. The van der Waals surface area contributed by atoms with E-state index in [-0.39, 0.29) is 0 Å². The lowest BCUT2D eigenvalue weighted by atomic mass is 10.1. The number of nitrogen functional groups attached to an aromatic ring is 1. The molecule has 0 saturated heterocycles. The van der Waals surface area contributed by atoms with Gasteiger partial charge < -0.3 is 10.6 Å². The Bertz CT molecular complexity index is 615. The third-order valence-electron chi connectivity index (χ3n) is 4.39. The van der Waals surface area contributed by atoms with Crippen molar-refractivity contribution >= 4 is 22.3 Å². The lowest BCUT2D eigenvalue weighted by Gasteiger charge is -2.34. The van der Waals surface area contributed by atoms with Crippen molar-refractivity contribution in [3.05, 3.63) is 30.5 Å². The maximum absolute atomic E-state index is 6.33. The van der Waals surface area contributed by atoms with E-state index in [1.807, 2.05) is 12.3 Å². The molecule has 0 amide bonds. The van der Waals surface area contributed by atoms with Gasteiger partial charge in [-0.1, -0.05) is 44.9 Å². The van der Waals surface area contributed by atoms with Crippen LogP contribution in [0.4, 0.5) is 11.4 Å². The lowest BCUT2D eigenvalue weighted by Crippen LogP contribution is -2.37. The van der Waals surface area contributed by atoms with Gasteiger partial charge in [0.1, 0.15) is 0 Å². The Kier molecular flexibility index (Phi) is 4.00. The number of benzene rings is 1. The molecule has 1 aliphatic carbocycles. The van der Waals surface area contributed by atoms with E-state index in [0.29, 0.717) is 12.0 Å². The predicted octanol–water partition coefficient (Wildman–Crippen LogP) is 4.22. The number of anilines is 2. The summed E-state index contributed by atoms with van der Waals surface area (Å²) in [4.78, 5) is 7.03. The molecule has 1 saturated carbocycles. The molecule has 3 rings (SSSR count). The van der Waals surface area contributed by atoms with Crippen molar-refractivity contribution in [1.29, 1.82) is 0 Å². The summed E-state index contributed by atoms with van der Waals surface area (Å²) in [6, 6.07) is 8.96. The molecule has 2 N–H and O–H groups in total.